The molecule has 3 aromatic rings. The monoisotopic (exact) mass is 538 g/mol. The van der Waals surface area contributed by atoms with E-state index in [4.69, 9.17) is 16.3 Å². The topological polar surface area (TPSA) is 118 Å². The molecule has 1 aromatic heterocycles. The molecule has 0 saturated carbocycles. The fraction of sp³-hybridized carbons (Fsp3) is 0.192. The van der Waals surface area contributed by atoms with Crippen LogP contribution in [0.3, 0.4) is 0 Å². The van der Waals surface area contributed by atoms with Crippen molar-refractivity contribution >= 4 is 63.1 Å². The Labute approximate surface area is 222 Å². The number of anilines is 3. The first-order chi connectivity index (χ1) is 17.6. The summed E-state index contributed by atoms with van der Waals surface area (Å²) in [6.07, 6.45) is 0. The molecule has 4 rings (SSSR count). The van der Waals surface area contributed by atoms with E-state index in [9.17, 15) is 19.2 Å². The third-order valence-corrected chi connectivity index (χ3v) is 6.77. The van der Waals surface area contributed by atoms with Gasteiger partial charge in [0.05, 0.1) is 18.0 Å². The van der Waals surface area contributed by atoms with E-state index in [1.165, 1.54) is 6.07 Å². The number of amides is 3. The minimum Gasteiger partial charge on any atom is -0.462 e. The van der Waals surface area contributed by atoms with Crippen LogP contribution in [0, 0.1) is 20.8 Å². The molecule has 1 aliphatic rings. The van der Waals surface area contributed by atoms with Crippen LogP contribution in [0.5, 0.6) is 0 Å². The summed E-state index contributed by atoms with van der Waals surface area (Å²) in [7, 11) is 0. The van der Waals surface area contributed by atoms with Crippen LogP contribution in [0.4, 0.5) is 16.5 Å². The van der Waals surface area contributed by atoms with Crippen LogP contribution < -0.4 is 15.5 Å². The maximum atomic E-state index is 13.1. The van der Waals surface area contributed by atoms with E-state index in [-0.39, 0.29) is 28.0 Å². The Balaban J connectivity index is 1.52. The fourth-order valence-corrected chi connectivity index (χ4v) is 4.88. The molecule has 0 spiro atoms. The number of nitrogens with one attached hydrogen (secondary N) is 2. The lowest BCUT2D eigenvalue weighted by Crippen LogP contribution is -2.32. The van der Waals surface area contributed by atoms with Gasteiger partial charge >= 0.3 is 5.97 Å². The van der Waals surface area contributed by atoms with Gasteiger partial charge in [0.15, 0.2) is 5.13 Å². The predicted molar refractivity (Wildman–Crippen MR) is 142 cm³/mol. The third-order valence-electron chi connectivity index (χ3n) is 5.36. The number of nitrogens with zero attached hydrogens (tertiary/aromatic N) is 2. The van der Waals surface area contributed by atoms with Crippen LogP contribution in [0.15, 0.2) is 53.2 Å². The highest BCUT2D eigenvalue weighted by Crippen LogP contribution is 2.31. The number of hydrogen-bond acceptors (Lipinski definition) is 8. The molecule has 3 amide bonds. The summed E-state index contributed by atoms with van der Waals surface area (Å²) in [5, 5.41) is 5.55. The van der Waals surface area contributed by atoms with E-state index < -0.39 is 23.7 Å². The van der Waals surface area contributed by atoms with Gasteiger partial charge in [-0.25, -0.2) is 14.7 Å². The highest BCUT2D eigenvalue weighted by molar-refractivity contribution is 7.17. The smallest absolute Gasteiger partial charge is 0.350 e. The van der Waals surface area contributed by atoms with Crippen LogP contribution in [-0.4, -0.2) is 35.3 Å². The summed E-state index contributed by atoms with van der Waals surface area (Å²) in [6.45, 7) is 7.33. The zero-order chi connectivity index (χ0) is 26.9. The molecular weight excluding hydrogens is 516 g/mol. The van der Waals surface area contributed by atoms with Crippen molar-refractivity contribution in [3.8, 4) is 0 Å². The number of aryl methyl sites for hydroxylation is 3. The number of carbonyl (C=O) groups excluding carboxylic acids is 4. The number of esters is 1. The summed E-state index contributed by atoms with van der Waals surface area (Å²) in [5.41, 5.74) is 3.23. The number of carbonyl (C=O) groups is 4. The van der Waals surface area contributed by atoms with E-state index >= 15 is 0 Å². The van der Waals surface area contributed by atoms with Gasteiger partial charge in [-0.2, -0.15) is 0 Å². The summed E-state index contributed by atoms with van der Waals surface area (Å²) >= 11 is 7.27. The summed E-state index contributed by atoms with van der Waals surface area (Å²) < 4.78 is 5.00. The standard InChI is InChI=1S/C26H23ClN4O5S/c1-5-36-25(35)21-15(4)28-26(37-21)30-22(32)16-7-6-8-17(12-16)29-20-19(27)23(33)31(24(20)34)18-10-13(2)9-14(3)11-18/h6-12,29H,5H2,1-4H3,(H,28,30,32). The van der Waals surface area contributed by atoms with E-state index in [1.807, 2.05) is 19.9 Å². The SMILES string of the molecule is CCOC(=O)c1sc(NC(=O)c2cccc(NC3=C(Cl)C(=O)N(c4cc(C)cc(C)c4)C3=O)c2)nc1C. The van der Waals surface area contributed by atoms with Crippen molar-refractivity contribution in [2.45, 2.75) is 27.7 Å². The highest BCUT2D eigenvalue weighted by Gasteiger charge is 2.39. The Morgan fingerprint density at radius 3 is 2.43 bits per heavy atom. The molecule has 190 valence electrons. The van der Waals surface area contributed by atoms with Gasteiger partial charge in [-0.15, -0.1) is 0 Å². The van der Waals surface area contributed by atoms with Crippen molar-refractivity contribution in [2.75, 3.05) is 22.1 Å². The molecule has 0 aliphatic carbocycles. The molecule has 2 N–H and O–H groups in total. The second kappa shape index (κ2) is 10.5. The molecule has 0 fully saturated rings. The van der Waals surface area contributed by atoms with E-state index in [0.717, 1.165) is 27.4 Å². The second-order valence-electron chi connectivity index (χ2n) is 8.29. The molecule has 11 heteroatoms. The molecule has 37 heavy (non-hydrogen) atoms. The van der Waals surface area contributed by atoms with Gasteiger partial charge in [-0.1, -0.05) is 35.1 Å². The van der Waals surface area contributed by atoms with Crippen molar-refractivity contribution in [2.24, 2.45) is 0 Å². The lowest BCUT2D eigenvalue weighted by molar-refractivity contribution is -0.120. The van der Waals surface area contributed by atoms with Crippen LogP contribution in [-0.2, 0) is 14.3 Å². The Morgan fingerprint density at radius 2 is 1.76 bits per heavy atom. The highest BCUT2D eigenvalue weighted by atomic mass is 35.5. The largest absolute Gasteiger partial charge is 0.462 e. The number of aromatic nitrogens is 1. The second-order valence-corrected chi connectivity index (χ2v) is 9.67. The molecule has 0 bridgehead atoms. The van der Waals surface area contributed by atoms with Crippen LogP contribution >= 0.6 is 22.9 Å². The van der Waals surface area contributed by atoms with Crippen LogP contribution in [0.2, 0.25) is 0 Å². The lowest BCUT2D eigenvalue weighted by atomic mass is 10.1. The number of imide groups is 1. The van der Waals surface area contributed by atoms with Crippen molar-refractivity contribution < 1.29 is 23.9 Å². The molecule has 1 aliphatic heterocycles. The Morgan fingerprint density at radius 1 is 1.05 bits per heavy atom. The minimum absolute atomic E-state index is 0.0852. The average molecular weight is 539 g/mol. The molecule has 0 atom stereocenters. The van der Waals surface area contributed by atoms with Gasteiger partial charge in [0.2, 0.25) is 0 Å². The third kappa shape index (κ3) is 5.40. The summed E-state index contributed by atoms with van der Waals surface area (Å²) in [4.78, 5) is 56.4. The molecule has 0 saturated heterocycles. The van der Waals surface area contributed by atoms with Crippen LogP contribution in [0.25, 0.3) is 0 Å². The quantitative estimate of drug-likeness (QED) is 0.323. The molecule has 2 aromatic carbocycles. The maximum Gasteiger partial charge on any atom is 0.350 e. The average Bonchev–Trinajstić information content (AvgIpc) is 3.30. The zero-order valence-corrected chi connectivity index (χ0v) is 22.0. The van der Waals surface area contributed by atoms with Gasteiger partial charge in [-0.05, 0) is 69.2 Å². The Bertz CT molecular complexity index is 1460. The van der Waals surface area contributed by atoms with Gasteiger partial charge in [-0.3, -0.25) is 19.7 Å². The molecule has 0 radical (unpaired) electrons. The van der Waals surface area contributed by atoms with E-state index in [2.05, 4.69) is 15.6 Å². The lowest BCUT2D eigenvalue weighted by Gasteiger charge is -2.16. The van der Waals surface area contributed by atoms with Crippen molar-refractivity contribution in [3.63, 3.8) is 0 Å². The first-order valence-corrected chi connectivity index (χ1v) is 12.5. The Hall–Kier alpha value is -4.02. The van der Waals surface area contributed by atoms with Crippen molar-refractivity contribution in [3.05, 3.63) is 80.5 Å². The summed E-state index contributed by atoms with van der Waals surface area (Å²) in [5.74, 6) is -2.21. The van der Waals surface area contributed by atoms with Gasteiger partial charge < -0.3 is 10.1 Å². The first-order valence-electron chi connectivity index (χ1n) is 11.3. The Kier molecular flexibility index (Phi) is 7.42. The minimum atomic E-state index is -0.635. The van der Waals surface area contributed by atoms with Gasteiger partial charge in [0, 0.05) is 11.3 Å². The van der Waals surface area contributed by atoms with E-state index in [1.54, 1.807) is 44.2 Å². The zero-order valence-electron chi connectivity index (χ0n) is 20.5. The first kappa shape index (κ1) is 26.1. The molecule has 9 nitrogen and oxygen atoms in total. The maximum absolute atomic E-state index is 13.1. The molecule has 2 heterocycles. The normalized spacial score (nSPS) is 13.3. The van der Waals surface area contributed by atoms with Crippen LogP contribution in [0.1, 0.15) is 43.8 Å². The predicted octanol–water partition coefficient (Wildman–Crippen LogP) is 4.93. The number of thiazole rings is 1. The van der Waals surface area contributed by atoms with Gasteiger partial charge in [0.1, 0.15) is 15.6 Å². The van der Waals surface area contributed by atoms with E-state index in [0.29, 0.717) is 21.9 Å². The molecular formula is C26H23ClN4O5S. The van der Waals surface area contributed by atoms with Crippen molar-refractivity contribution in [1.29, 1.82) is 0 Å². The van der Waals surface area contributed by atoms with Crippen molar-refractivity contribution in [1.82, 2.24) is 4.98 Å². The summed E-state index contributed by atoms with van der Waals surface area (Å²) in [6, 6.07) is 11.7. The number of benzene rings is 2. The number of hydrogen-bond donors (Lipinski definition) is 2. The fourth-order valence-electron chi connectivity index (χ4n) is 3.81. The van der Waals surface area contributed by atoms with Gasteiger partial charge in [0.25, 0.3) is 17.7 Å². The molecule has 0 unspecified atom stereocenters. The number of halogens is 1. The number of ether oxygens (including phenoxy) is 1. The number of rotatable bonds is 7.